The molecule has 0 aliphatic carbocycles. The second-order valence-corrected chi connectivity index (χ2v) is 8.31. The molecule has 4 rings (SSSR count). The van der Waals surface area contributed by atoms with Gasteiger partial charge in [-0.1, -0.05) is 60.7 Å². The summed E-state index contributed by atoms with van der Waals surface area (Å²) in [7, 11) is 0. The molecule has 0 saturated carbocycles. The third-order valence-electron chi connectivity index (χ3n) is 5.38. The van der Waals surface area contributed by atoms with Crippen molar-refractivity contribution in [1.29, 1.82) is 0 Å². The summed E-state index contributed by atoms with van der Waals surface area (Å²) in [5.74, 6) is -1.83. The third-order valence-corrected chi connectivity index (χ3v) is 6.38. The Morgan fingerprint density at radius 2 is 1.72 bits per heavy atom. The van der Waals surface area contributed by atoms with Crippen LogP contribution < -0.4 is 11.1 Å². The van der Waals surface area contributed by atoms with E-state index in [2.05, 4.69) is 10.3 Å². The van der Waals surface area contributed by atoms with Crippen molar-refractivity contribution >= 4 is 35.0 Å². The van der Waals surface area contributed by atoms with Gasteiger partial charge in [0.05, 0.1) is 0 Å². The smallest absolute Gasteiger partial charge is 0.326 e. The lowest BCUT2D eigenvalue weighted by Gasteiger charge is -2.35. The van der Waals surface area contributed by atoms with Gasteiger partial charge in [-0.2, -0.15) is 0 Å². The van der Waals surface area contributed by atoms with E-state index in [4.69, 9.17) is 5.73 Å². The van der Waals surface area contributed by atoms with Gasteiger partial charge in [-0.3, -0.25) is 14.4 Å². The summed E-state index contributed by atoms with van der Waals surface area (Å²) >= 11 is 1.01. The molecule has 2 aromatic carbocycles. The van der Waals surface area contributed by atoms with E-state index in [1.54, 1.807) is 54.6 Å². The van der Waals surface area contributed by atoms with Crippen LogP contribution in [0.25, 0.3) is 0 Å². The highest BCUT2D eigenvalue weighted by molar-refractivity contribution is 7.10. The molecule has 1 aromatic heterocycles. The highest BCUT2D eigenvalue weighted by Gasteiger charge is 2.57. The minimum atomic E-state index is -1.90. The molecule has 9 heteroatoms. The first kappa shape index (κ1) is 21.4. The fraction of sp³-hybridized carbons (Fsp3) is 0.174. The number of carbonyl (C=O) groups excluding carboxylic acids is 4. The molecule has 1 fully saturated rings. The van der Waals surface area contributed by atoms with E-state index < -0.39 is 29.4 Å². The van der Waals surface area contributed by atoms with Gasteiger partial charge in [0.15, 0.2) is 11.3 Å². The zero-order chi connectivity index (χ0) is 22.9. The van der Waals surface area contributed by atoms with Crippen molar-refractivity contribution in [3.8, 4) is 0 Å². The van der Waals surface area contributed by atoms with Gasteiger partial charge in [0, 0.05) is 18.7 Å². The Bertz CT molecular complexity index is 1190. The number of imide groups is 1. The number of nitrogens with one attached hydrogen (secondary N) is 1. The molecular weight excluding hydrogens is 428 g/mol. The van der Waals surface area contributed by atoms with E-state index in [1.807, 2.05) is 6.07 Å². The lowest BCUT2D eigenvalue weighted by molar-refractivity contribution is -0.141. The molecule has 3 N–H and O–H groups in total. The average Bonchev–Trinajstić information content (AvgIpc) is 3.39. The molecule has 0 bridgehead atoms. The van der Waals surface area contributed by atoms with Crippen LogP contribution in [0.2, 0.25) is 0 Å². The number of amides is 4. The molecular formula is C23H20N4O4S. The van der Waals surface area contributed by atoms with E-state index in [0.29, 0.717) is 11.1 Å². The average molecular weight is 449 g/mol. The topological polar surface area (TPSA) is 122 Å². The molecule has 1 aliphatic heterocycles. The highest BCUT2D eigenvalue weighted by atomic mass is 32.1. The van der Waals surface area contributed by atoms with E-state index >= 15 is 0 Å². The van der Waals surface area contributed by atoms with Crippen molar-refractivity contribution in [2.75, 3.05) is 0 Å². The summed E-state index contributed by atoms with van der Waals surface area (Å²) in [5.41, 5.74) is 5.38. The molecule has 2 heterocycles. The Morgan fingerprint density at radius 3 is 2.28 bits per heavy atom. The van der Waals surface area contributed by atoms with Crippen molar-refractivity contribution in [3.63, 3.8) is 0 Å². The first-order valence-corrected chi connectivity index (χ1v) is 10.7. The third kappa shape index (κ3) is 3.56. The first-order valence-electron chi connectivity index (χ1n) is 9.85. The number of urea groups is 1. The summed E-state index contributed by atoms with van der Waals surface area (Å²) < 4.78 is 0. The van der Waals surface area contributed by atoms with Crippen LogP contribution >= 0.6 is 11.3 Å². The quantitative estimate of drug-likeness (QED) is 0.425. The number of Topliss-reactive ketones (excluding diaryl/α,β-unsaturated/α-hetero) is 1. The van der Waals surface area contributed by atoms with Crippen LogP contribution in [0.4, 0.5) is 4.79 Å². The fourth-order valence-electron chi connectivity index (χ4n) is 3.78. The normalized spacial score (nSPS) is 17.7. The molecule has 0 spiro atoms. The number of hydrogen-bond acceptors (Lipinski definition) is 6. The molecule has 4 amide bonds. The molecule has 162 valence electrons. The number of nitrogens with two attached hydrogens (primary N) is 1. The zero-order valence-electron chi connectivity index (χ0n) is 17.1. The van der Waals surface area contributed by atoms with Gasteiger partial charge in [-0.25, -0.2) is 14.7 Å². The number of nitrogens with zero attached hydrogens (tertiary/aromatic N) is 2. The number of rotatable bonds is 7. The number of primary amides is 1. The predicted molar refractivity (Wildman–Crippen MR) is 118 cm³/mol. The van der Waals surface area contributed by atoms with E-state index in [9.17, 15) is 19.2 Å². The Hall–Kier alpha value is -3.85. The number of benzene rings is 2. The second kappa shape index (κ2) is 8.35. The molecule has 1 saturated heterocycles. The summed E-state index contributed by atoms with van der Waals surface area (Å²) in [5, 5.41) is 4.26. The highest BCUT2D eigenvalue weighted by Crippen LogP contribution is 2.39. The van der Waals surface area contributed by atoms with Gasteiger partial charge in [0.25, 0.3) is 11.8 Å². The van der Waals surface area contributed by atoms with E-state index in [-0.39, 0.29) is 22.9 Å². The summed E-state index contributed by atoms with van der Waals surface area (Å²) in [4.78, 5) is 56.7. The van der Waals surface area contributed by atoms with Crippen LogP contribution in [-0.4, -0.2) is 33.5 Å². The monoisotopic (exact) mass is 448 g/mol. The molecule has 32 heavy (non-hydrogen) atoms. The van der Waals surface area contributed by atoms with Gasteiger partial charge in [0.2, 0.25) is 0 Å². The van der Waals surface area contributed by atoms with Crippen molar-refractivity contribution in [2.24, 2.45) is 5.73 Å². The Morgan fingerprint density at radius 1 is 1.09 bits per heavy atom. The first-order chi connectivity index (χ1) is 15.3. The van der Waals surface area contributed by atoms with Crippen molar-refractivity contribution in [3.05, 3.63) is 87.9 Å². The van der Waals surface area contributed by atoms with Crippen LogP contribution in [0, 0.1) is 0 Å². The largest absolute Gasteiger partial charge is 0.367 e. The van der Waals surface area contributed by atoms with Crippen molar-refractivity contribution < 1.29 is 19.2 Å². The molecule has 1 aliphatic rings. The van der Waals surface area contributed by atoms with Crippen LogP contribution in [0.1, 0.15) is 39.6 Å². The Kier molecular flexibility index (Phi) is 5.58. The SMILES string of the molecule is CC(=O)c1csc(C(Cc2ccccc2)(C(N)=O)N2C(=O)NC(c3ccccc3)C2=O)n1. The fourth-order valence-corrected chi connectivity index (χ4v) is 4.83. The van der Waals surface area contributed by atoms with Crippen molar-refractivity contribution in [1.82, 2.24) is 15.2 Å². The van der Waals surface area contributed by atoms with Gasteiger partial charge in [-0.15, -0.1) is 11.3 Å². The predicted octanol–water partition coefficient (Wildman–Crippen LogP) is 2.56. The lowest BCUT2D eigenvalue weighted by atomic mass is 9.88. The van der Waals surface area contributed by atoms with Crippen LogP contribution in [0.3, 0.4) is 0 Å². The second-order valence-electron chi connectivity index (χ2n) is 7.45. The number of hydrogen-bond donors (Lipinski definition) is 2. The lowest BCUT2D eigenvalue weighted by Crippen LogP contribution is -2.59. The Labute approximate surface area is 188 Å². The number of aromatic nitrogens is 1. The van der Waals surface area contributed by atoms with Crippen LogP contribution in [0.15, 0.2) is 66.0 Å². The maximum absolute atomic E-state index is 13.5. The maximum atomic E-state index is 13.5. The van der Waals surface area contributed by atoms with E-state index in [0.717, 1.165) is 16.2 Å². The zero-order valence-corrected chi connectivity index (χ0v) is 18.0. The van der Waals surface area contributed by atoms with Crippen LogP contribution in [0.5, 0.6) is 0 Å². The number of ketones is 1. The minimum absolute atomic E-state index is 0.0747. The summed E-state index contributed by atoms with van der Waals surface area (Å²) in [6.07, 6.45) is -0.0747. The van der Waals surface area contributed by atoms with Crippen molar-refractivity contribution in [2.45, 2.75) is 24.9 Å². The molecule has 0 radical (unpaired) electrons. The number of thiazole rings is 1. The minimum Gasteiger partial charge on any atom is -0.367 e. The van der Waals surface area contributed by atoms with Gasteiger partial charge in [0.1, 0.15) is 16.7 Å². The van der Waals surface area contributed by atoms with E-state index in [1.165, 1.54) is 12.3 Å². The molecule has 2 unspecified atom stereocenters. The van der Waals surface area contributed by atoms with Gasteiger partial charge >= 0.3 is 6.03 Å². The maximum Gasteiger partial charge on any atom is 0.326 e. The van der Waals surface area contributed by atoms with Gasteiger partial charge < -0.3 is 11.1 Å². The summed E-state index contributed by atoms with van der Waals surface area (Å²) in [6, 6.07) is 15.9. The molecule has 2 atom stereocenters. The standard InChI is InChI=1S/C23H20N4O4S/c1-14(28)17-13-32-21(25-17)23(20(24)30,12-15-8-4-2-5-9-15)27-19(29)18(26-22(27)31)16-10-6-3-7-11-16/h2-11,13,18H,12H2,1H3,(H2,24,30)(H,26,31). The summed E-state index contributed by atoms with van der Waals surface area (Å²) in [6.45, 7) is 1.35. The van der Waals surface area contributed by atoms with Gasteiger partial charge in [-0.05, 0) is 11.1 Å². The molecule has 3 aromatic rings. The Balaban J connectivity index is 1.88. The van der Waals surface area contributed by atoms with Crippen LogP contribution in [-0.2, 0) is 21.5 Å². The number of carbonyl (C=O) groups is 4. The molecule has 8 nitrogen and oxygen atoms in total.